The van der Waals surface area contributed by atoms with E-state index in [0.717, 1.165) is 45.7 Å². The lowest BCUT2D eigenvalue weighted by atomic mass is 9.80. The van der Waals surface area contributed by atoms with E-state index in [2.05, 4.69) is 39.3 Å². The Labute approximate surface area is 121 Å². The number of nitrogens with two attached hydrogens (primary N) is 1. The first kappa shape index (κ1) is 14.5. The molecule has 5 heteroatoms. The van der Waals surface area contributed by atoms with E-state index in [1.54, 1.807) is 11.3 Å². The summed E-state index contributed by atoms with van der Waals surface area (Å²) in [5.41, 5.74) is 6.25. The molecule has 0 aliphatic carbocycles. The minimum Gasteiger partial charge on any atom is -0.381 e. The highest BCUT2D eigenvalue weighted by Gasteiger charge is 2.32. The second-order valence-corrected chi connectivity index (χ2v) is 7.13. The van der Waals surface area contributed by atoms with Gasteiger partial charge in [0.1, 0.15) is 0 Å². The van der Waals surface area contributed by atoms with Crippen molar-refractivity contribution >= 4 is 27.3 Å². The van der Waals surface area contributed by atoms with Crippen molar-refractivity contribution in [2.24, 2.45) is 11.1 Å². The van der Waals surface area contributed by atoms with Crippen LogP contribution >= 0.6 is 27.3 Å². The van der Waals surface area contributed by atoms with E-state index in [1.165, 1.54) is 9.35 Å². The number of nitrogens with zero attached hydrogens (tertiary/aromatic N) is 1. The first-order chi connectivity index (χ1) is 8.63. The van der Waals surface area contributed by atoms with Gasteiger partial charge < -0.3 is 15.4 Å². The molecule has 0 amide bonds. The van der Waals surface area contributed by atoms with Gasteiger partial charge >= 0.3 is 0 Å². The third-order valence-corrected chi connectivity index (χ3v) is 5.32. The number of halogens is 1. The fourth-order valence-corrected chi connectivity index (χ4v) is 4.09. The van der Waals surface area contributed by atoms with Gasteiger partial charge in [0, 0.05) is 41.0 Å². The molecule has 0 radical (unpaired) electrons. The fraction of sp³-hybridized carbons (Fsp3) is 0.692. The van der Waals surface area contributed by atoms with Crippen molar-refractivity contribution in [1.82, 2.24) is 4.90 Å². The highest BCUT2D eigenvalue weighted by Crippen LogP contribution is 2.31. The molecule has 0 saturated carbocycles. The van der Waals surface area contributed by atoms with Gasteiger partial charge in [-0.15, -0.1) is 11.3 Å². The van der Waals surface area contributed by atoms with Crippen LogP contribution < -0.4 is 5.73 Å². The Bertz CT molecular complexity index is 377. The maximum Gasteiger partial charge on any atom is 0.0472 e. The maximum absolute atomic E-state index is 6.00. The Morgan fingerprint density at radius 2 is 2.22 bits per heavy atom. The molecule has 3 nitrogen and oxygen atoms in total. The van der Waals surface area contributed by atoms with Gasteiger partial charge in [-0.3, -0.25) is 0 Å². The van der Waals surface area contributed by atoms with Gasteiger partial charge in [-0.1, -0.05) is 0 Å². The van der Waals surface area contributed by atoms with Crippen LogP contribution in [0.3, 0.4) is 0 Å². The molecule has 102 valence electrons. The second-order valence-electron chi connectivity index (χ2n) is 5.22. The van der Waals surface area contributed by atoms with Crippen molar-refractivity contribution in [2.45, 2.75) is 19.4 Å². The van der Waals surface area contributed by atoms with Crippen LogP contribution in [0, 0.1) is 5.41 Å². The summed E-state index contributed by atoms with van der Waals surface area (Å²) in [5.74, 6) is 0. The van der Waals surface area contributed by atoms with Crippen molar-refractivity contribution in [1.29, 1.82) is 0 Å². The molecule has 0 spiro atoms. The van der Waals surface area contributed by atoms with Crippen LogP contribution in [0.1, 0.15) is 17.7 Å². The van der Waals surface area contributed by atoms with Crippen molar-refractivity contribution in [3.8, 4) is 0 Å². The van der Waals surface area contributed by atoms with E-state index in [9.17, 15) is 0 Å². The van der Waals surface area contributed by atoms with E-state index in [4.69, 9.17) is 10.5 Å². The molecule has 0 bridgehead atoms. The highest BCUT2D eigenvalue weighted by atomic mass is 79.9. The summed E-state index contributed by atoms with van der Waals surface area (Å²) < 4.78 is 6.63. The molecule has 2 N–H and O–H groups in total. The maximum atomic E-state index is 6.00. The first-order valence-electron chi connectivity index (χ1n) is 6.33. The Hall–Kier alpha value is 0.0600. The van der Waals surface area contributed by atoms with Crippen molar-refractivity contribution in [3.63, 3.8) is 0 Å². The molecule has 1 saturated heterocycles. The highest BCUT2D eigenvalue weighted by molar-refractivity contribution is 9.10. The van der Waals surface area contributed by atoms with Gasteiger partial charge in [0.05, 0.1) is 0 Å². The molecule has 1 aliphatic heterocycles. The van der Waals surface area contributed by atoms with Gasteiger partial charge in [0.2, 0.25) is 0 Å². The number of thiophene rings is 1. The molecular weight excluding hydrogens is 312 g/mol. The fourth-order valence-electron chi connectivity index (χ4n) is 2.56. The van der Waals surface area contributed by atoms with E-state index < -0.39 is 0 Å². The first-order valence-corrected chi connectivity index (χ1v) is 8.00. The third-order valence-electron chi connectivity index (χ3n) is 3.64. The Balaban J connectivity index is 1.90. The van der Waals surface area contributed by atoms with Crippen LogP contribution in [0.15, 0.2) is 15.9 Å². The number of hydrogen-bond donors (Lipinski definition) is 1. The smallest absolute Gasteiger partial charge is 0.0472 e. The quantitative estimate of drug-likeness (QED) is 0.900. The zero-order chi connectivity index (χ0) is 13.0. The van der Waals surface area contributed by atoms with Crippen molar-refractivity contribution in [2.75, 3.05) is 33.4 Å². The molecule has 2 heterocycles. The predicted molar refractivity (Wildman–Crippen MR) is 79.9 cm³/mol. The topological polar surface area (TPSA) is 38.5 Å². The lowest BCUT2D eigenvalue weighted by molar-refractivity contribution is 0.00280. The van der Waals surface area contributed by atoms with Gasteiger partial charge in [-0.05, 0) is 53.8 Å². The van der Waals surface area contributed by atoms with Gasteiger partial charge in [0.15, 0.2) is 0 Å². The van der Waals surface area contributed by atoms with Crippen LogP contribution in [-0.4, -0.2) is 38.3 Å². The van der Waals surface area contributed by atoms with Gasteiger partial charge in [0.25, 0.3) is 0 Å². The largest absolute Gasteiger partial charge is 0.381 e. The molecule has 0 atom stereocenters. The Morgan fingerprint density at radius 1 is 1.50 bits per heavy atom. The van der Waals surface area contributed by atoms with E-state index in [-0.39, 0.29) is 5.41 Å². The molecule has 1 fully saturated rings. The number of rotatable bonds is 5. The Morgan fingerprint density at radius 3 is 2.78 bits per heavy atom. The molecule has 0 unspecified atom stereocenters. The SMILES string of the molecule is CN(Cc1cc(Br)cs1)CC1(CN)CCOCC1. The normalized spacial score (nSPS) is 19.3. The van der Waals surface area contributed by atoms with E-state index in [1.807, 2.05) is 0 Å². The number of ether oxygens (including phenoxy) is 1. The van der Waals surface area contributed by atoms with Gasteiger partial charge in [-0.2, -0.15) is 0 Å². The minimum absolute atomic E-state index is 0.251. The van der Waals surface area contributed by atoms with Gasteiger partial charge in [-0.25, -0.2) is 0 Å². The average molecular weight is 333 g/mol. The standard InChI is InChI=1S/C13H21BrN2OS/c1-16(7-12-6-11(14)8-18-12)10-13(9-15)2-4-17-5-3-13/h6,8H,2-5,7,9-10,15H2,1H3. The minimum atomic E-state index is 0.251. The molecule has 1 aliphatic rings. The monoisotopic (exact) mass is 332 g/mol. The summed E-state index contributed by atoms with van der Waals surface area (Å²) >= 11 is 5.30. The molecule has 1 aromatic heterocycles. The van der Waals surface area contributed by atoms with Crippen LogP contribution in [0.5, 0.6) is 0 Å². The van der Waals surface area contributed by atoms with Crippen LogP contribution in [0.2, 0.25) is 0 Å². The summed E-state index contributed by atoms with van der Waals surface area (Å²) in [6.45, 7) is 4.53. The second kappa shape index (κ2) is 6.48. The van der Waals surface area contributed by atoms with E-state index in [0.29, 0.717) is 0 Å². The molecular formula is C13H21BrN2OS. The predicted octanol–water partition coefficient (Wildman–Crippen LogP) is 2.70. The summed E-state index contributed by atoms with van der Waals surface area (Å²) in [6.07, 6.45) is 2.17. The van der Waals surface area contributed by atoms with E-state index >= 15 is 0 Å². The zero-order valence-corrected chi connectivity index (χ0v) is 13.2. The lowest BCUT2D eigenvalue weighted by Crippen LogP contribution is -2.44. The van der Waals surface area contributed by atoms with Crippen LogP contribution in [-0.2, 0) is 11.3 Å². The van der Waals surface area contributed by atoms with Crippen molar-refractivity contribution < 1.29 is 4.74 Å². The summed E-state index contributed by atoms with van der Waals surface area (Å²) in [6, 6.07) is 2.19. The average Bonchev–Trinajstić information content (AvgIpc) is 2.75. The van der Waals surface area contributed by atoms with Crippen LogP contribution in [0.4, 0.5) is 0 Å². The summed E-state index contributed by atoms with van der Waals surface area (Å²) in [7, 11) is 2.18. The third kappa shape index (κ3) is 3.78. The lowest BCUT2D eigenvalue weighted by Gasteiger charge is -2.39. The molecule has 18 heavy (non-hydrogen) atoms. The van der Waals surface area contributed by atoms with Crippen molar-refractivity contribution in [3.05, 3.63) is 20.8 Å². The molecule has 0 aromatic carbocycles. The summed E-state index contributed by atoms with van der Waals surface area (Å²) in [5, 5.41) is 2.14. The zero-order valence-electron chi connectivity index (χ0n) is 10.8. The molecule has 2 rings (SSSR count). The molecule has 1 aromatic rings. The Kier molecular flexibility index (Phi) is 5.21. The summed E-state index contributed by atoms with van der Waals surface area (Å²) in [4.78, 5) is 3.78. The van der Waals surface area contributed by atoms with Crippen LogP contribution in [0.25, 0.3) is 0 Å². The number of hydrogen-bond acceptors (Lipinski definition) is 4.